The van der Waals surface area contributed by atoms with Crippen LogP contribution in [-0.4, -0.2) is 61.6 Å². The van der Waals surface area contributed by atoms with Crippen molar-refractivity contribution < 1.29 is 4.79 Å². The van der Waals surface area contributed by atoms with Gasteiger partial charge in [-0.2, -0.15) is 10.1 Å². The lowest BCUT2D eigenvalue weighted by molar-refractivity contribution is -0.131. The van der Waals surface area contributed by atoms with Crippen LogP contribution in [-0.2, 0) is 11.2 Å². The van der Waals surface area contributed by atoms with E-state index in [0.29, 0.717) is 18.6 Å². The van der Waals surface area contributed by atoms with Crippen LogP contribution < -0.4 is 4.90 Å². The Labute approximate surface area is 155 Å². The second kappa shape index (κ2) is 6.99. The molecule has 3 aromatic rings. The van der Waals surface area contributed by atoms with Crippen molar-refractivity contribution >= 4 is 28.2 Å². The fraction of sp³-hybridized carbons (Fsp3) is 0.471. The Morgan fingerprint density at radius 1 is 1.19 bits per heavy atom. The smallest absolute Gasteiger partial charge is 0.252 e. The minimum atomic E-state index is 0.196. The molecule has 3 aromatic heterocycles. The Morgan fingerprint density at radius 2 is 2.00 bits per heavy atom. The van der Waals surface area contributed by atoms with Crippen LogP contribution in [0, 0.1) is 13.8 Å². The zero-order valence-corrected chi connectivity index (χ0v) is 15.7. The van der Waals surface area contributed by atoms with Crippen molar-refractivity contribution in [2.75, 3.05) is 31.1 Å². The van der Waals surface area contributed by atoms with E-state index in [-0.39, 0.29) is 5.91 Å². The van der Waals surface area contributed by atoms with Gasteiger partial charge in [0.05, 0.1) is 0 Å². The number of hydrogen-bond donors (Lipinski definition) is 0. The molecule has 0 aromatic carbocycles. The summed E-state index contributed by atoms with van der Waals surface area (Å²) in [6, 6.07) is 0. The van der Waals surface area contributed by atoms with Crippen LogP contribution in [0.3, 0.4) is 0 Å². The molecule has 0 radical (unpaired) electrons. The first-order valence-corrected chi connectivity index (χ1v) is 9.59. The van der Waals surface area contributed by atoms with Crippen LogP contribution in [0.25, 0.3) is 5.78 Å². The molecule has 8 nitrogen and oxygen atoms in total. The topological polar surface area (TPSA) is 79.5 Å². The standard InChI is InChI=1S/C17H21N7OS/c1-12-14(13(2)24-16(21-12)19-11-20-24)3-4-15(25)22-6-8-23(9-7-22)17-18-5-10-26-17/h5,10-11H,3-4,6-9H2,1-2H3. The highest BCUT2D eigenvalue weighted by Gasteiger charge is 2.22. The second-order valence-corrected chi connectivity index (χ2v) is 7.29. The number of carbonyl (C=O) groups excluding carboxylic acids is 1. The van der Waals surface area contributed by atoms with Gasteiger partial charge in [-0.25, -0.2) is 14.5 Å². The first kappa shape index (κ1) is 16.9. The van der Waals surface area contributed by atoms with Crippen LogP contribution in [0.2, 0.25) is 0 Å². The third kappa shape index (κ3) is 3.14. The molecule has 1 aliphatic rings. The molecule has 0 atom stereocenters. The van der Waals surface area contributed by atoms with E-state index in [1.165, 1.54) is 6.33 Å². The van der Waals surface area contributed by atoms with Gasteiger partial charge in [-0.15, -0.1) is 11.3 Å². The molecule has 26 heavy (non-hydrogen) atoms. The van der Waals surface area contributed by atoms with Gasteiger partial charge in [0, 0.05) is 55.6 Å². The number of amides is 1. The Hall–Kier alpha value is -2.55. The van der Waals surface area contributed by atoms with Gasteiger partial charge < -0.3 is 9.80 Å². The molecule has 4 rings (SSSR count). The van der Waals surface area contributed by atoms with Crippen molar-refractivity contribution in [2.45, 2.75) is 26.7 Å². The molecule has 1 fully saturated rings. The van der Waals surface area contributed by atoms with Gasteiger partial charge in [0.15, 0.2) is 5.13 Å². The highest BCUT2D eigenvalue weighted by Crippen LogP contribution is 2.20. The van der Waals surface area contributed by atoms with Gasteiger partial charge in [0.25, 0.3) is 5.78 Å². The van der Waals surface area contributed by atoms with Crippen LogP contribution in [0.4, 0.5) is 5.13 Å². The van der Waals surface area contributed by atoms with E-state index < -0.39 is 0 Å². The number of rotatable bonds is 4. The molecule has 1 amide bonds. The van der Waals surface area contributed by atoms with Gasteiger partial charge in [-0.1, -0.05) is 0 Å². The van der Waals surface area contributed by atoms with Gasteiger partial charge in [0.2, 0.25) is 5.91 Å². The van der Waals surface area contributed by atoms with Gasteiger partial charge in [-0.05, 0) is 25.8 Å². The largest absolute Gasteiger partial charge is 0.345 e. The van der Waals surface area contributed by atoms with Crippen LogP contribution in [0.15, 0.2) is 17.9 Å². The normalized spacial score (nSPS) is 15.0. The van der Waals surface area contributed by atoms with E-state index in [1.807, 2.05) is 30.3 Å². The minimum absolute atomic E-state index is 0.196. The maximum absolute atomic E-state index is 12.6. The second-order valence-electron chi connectivity index (χ2n) is 6.42. The van der Waals surface area contributed by atoms with Crippen molar-refractivity contribution in [3.8, 4) is 0 Å². The first-order valence-electron chi connectivity index (χ1n) is 8.71. The summed E-state index contributed by atoms with van der Waals surface area (Å²) in [7, 11) is 0. The number of aromatic nitrogens is 5. The molecule has 0 spiro atoms. The Bertz CT molecular complexity index is 913. The van der Waals surface area contributed by atoms with Crippen LogP contribution in [0.1, 0.15) is 23.4 Å². The lowest BCUT2D eigenvalue weighted by atomic mass is 10.1. The highest BCUT2D eigenvalue weighted by atomic mass is 32.1. The Kier molecular flexibility index (Phi) is 4.54. The number of thiazole rings is 1. The summed E-state index contributed by atoms with van der Waals surface area (Å²) in [5.41, 5.74) is 3.01. The molecule has 1 aliphatic heterocycles. The van der Waals surface area contributed by atoms with Crippen LogP contribution in [0.5, 0.6) is 0 Å². The number of carbonyl (C=O) groups is 1. The molecule has 4 heterocycles. The SMILES string of the molecule is Cc1nc2ncnn2c(C)c1CCC(=O)N1CCN(c2nccs2)CC1. The summed E-state index contributed by atoms with van der Waals surface area (Å²) < 4.78 is 1.74. The fourth-order valence-electron chi connectivity index (χ4n) is 3.43. The monoisotopic (exact) mass is 371 g/mol. The van der Waals surface area contributed by atoms with Gasteiger partial charge in [0.1, 0.15) is 6.33 Å². The molecule has 0 aliphatic carbocycles. The number of fused-ring (bicyclic) bond motifs is 1. The van der Waals surface area contributed by atoms with Crippen molar-refractivity contribution in [1.29, 1.82) is 0 Å². The molecule has 136 valence electrons. The number of nitrogens with zero attached hydrogens (tertiary/aromatic N) is 7. The first-order chi connectivity index (χ1) is 12.6. The molecule has 0 N–H and O–H groups in total. The Morgan fingerprint density at radius 3 is 2.73 bits per heavy atom. The quantitative estimate of drug-likeness (QED) is 0.691. The highest BCUT2D eigenvalue weighted by molar-refractivity contribution is 7.13. The molecule has 1 saturated heterocycles. The maximum atomic E-state index is 12.6. The zero-order valence-electron chi connectivity index (χ0n) is 14.9. The van der Waals surface area contributed by atoms with Crippen molar-refractivity contribution in [3.63, 3.8) is 0 Å². The average molecular weight is 371 g/mol. The van der Waals surface area contributed by atoms with Crippen molar-refractivity contribution in [2.24, 2.45) is 0 Å². The zero-order chi connectivity index (χ0) is 18.1. The summed E-state index contributed by atoms with van der Waals surface area (Å²) >= 11 is 1.64. The molecular formula is C17H21N7OS. The third-order valence-electron chi connectivity index (χ3n) is 4.90. The van der Waals surface area contributed by atoms with Crippen LogP contribution >= 0.6 is 11.3 Å². The minimum Gasteiger partial charge on any atom is -0.345 e. The van der Waals surface area contributed by atoms with Gasteiger partial charge in [-0.3, -0.25) is 4.79 Å². The van der Waals surface area contributed by atoms with E-state index in [9.17, 15) is 4.79 Å². The lowest BCUT2D eigenvalue weighted by Gasteiger charge is -2.34. The summed E-state index contributed by atoms with van der Waals surface area (Å²) in [6.45, 7) is 7.14. The van der Waals surface area contributed by atoms with E-state index in [1.54, 1.807) is 15.9 Å². The van der Waals surface area contributed by atoms with E-state index in [2.05, 4.69) is 25.0 Å². The Balaban J connectivity index is 1.37. The average Bonchev–Trinajstić information content (AvgIpc) is 3.33. The number of hydrogen-bond acceptors (Lipinski definition) is 7. The maximum Gasteiger partial charge on any atom is 0.252 e. The lowest BCUT2D eigenvalue weighted by Crippen LogP contribution is -2.48. The number of anilines is 1. The predicted molar refractivity (Wildman–Crippen MR) is 99.5 cm³/mol. The number of piperazine rings is 1. The summed E-state index contributed by atoms with van der Waals surface area (Å²) in [5, 5.41) is 7.23. The molecule has 9 heteroatoms. The van der Waals surface area contributed by atoms with Crippen molar-refractivity contribution in [3.05, 3.63) is 34.9 Å². The van der Waals surface area contributed by atoms with E-state index in [4.69, 9.17) is 0 Å². The summed E-state index contributed by atoms with van der Waals surface area (Å²) in [5.74, 6) is 0.801. The van der Waals surface area contributed by atoms with E-state index >= 15 is 0 Å². The van der Waals surface area contributed by atoms with Gasteiger partial charge >= 0.3 is 0 Å². The predicted octanol–water partition coefficient (Wildman–Crippen LogP) is 1.48. The third-order valence-corrected chi connectivity index (χ3v) is 5.73. The molecule has 0 unspecified atom stereocenters. The molecule has 0 saturated carbocycles. The molecule has 0 bridgehead atoms. The van der Waals surface area contributed by atoms with E-state index in [0.717, 1.165) is 48.3 Å². The molecular weight excluding hydrogens is 350 g/mol. The van der Waals surface area contributed by atoms with Crippen molar-refractivity contribution in [1.82, 2.24) is 29.5 Å². The summed E-state index contributed by atoms with van der Waals surface area (Å²) in [6.07, 6.45) is 4.49. The number of aryl methyl sites for hydroxylation is 2. The fourth-order valence-corrected chi connectivity index (χ4v) is 4.12. The summed E-state index contributed by atoms with van der Waals surface area (Å²) in [4.78, 5) is 29.8.